The van der Waals surface area contributed by atoms with Crippen molar-refractivity contribution >= 4 is 34.0 Å². The van der Waals surface area contributed by atoms with Crippen LogP contribution in [0.25, 0.3) is 21.7 Å². The summed E-state index contributed by atoms with van der Waals surface area (Å²) in [6.45, 7) is 0.533. The topological polar surface area (TPSA) is 67.0 Å². The largest absolute Gasteiger partial charge is 0.380 e. The summed E-state index contributed by atoms with van der Waals surface area (Å²) in [5.74, 6) is 0.693. The van der Waals surface area contributed by atoms with Crippen LogP contribution >= 0.6 is 11.3 Å². The zero-order chi connectivity index (χ0) is 17.9. The van der Waals surface area contributed by atoms with Crippen LogP contribution in [0, 0.1) is 0 Å². The van der Waals surface area contributed by atoms with Crippen molar-refractivity contribution in [2.24, 2.45) is 0 Å². The Morgan fingerprint density at radius 1 is 1.19 bits per heavy atom. The maximum absolute atomic E-state index is 12.4. The van der Waals surface area contributed by atoms with E-state index in [2.05, 4.69) is 15.3 Å². The van der Waals surface area contributed by atoms with Gasteiger partial charge in [0.2, 0.25) is 0 Å². The van der Waals surface area contributed by atoms with Crippen LogP contribution in [0.5, 0.6) is 0 Å². The third-order valence-electron chi connectivity index (χ3n) is 4.02. The fraction of sp³-hybridized carbons (Fsp3) is 0.100. The molecule has 5 nitrogen and oxygen atoms in total. The van der Waals surface area contributed by atoms with Gasteiger partial charge < -0.3 is 15.0 Å². The number of hydrogen-bond acceptors (Lipinski definition) is 4. The van der Waals surface area contributed by atoms with Crippen LogP contribution < -0.4 is 5.32 Å². The first-order valence-electron chi connectivity index (χ1n) is 8.16. The zero-order valence-corrected chi connectivity index (χ0v) is 15.0. The van der Waals surface area contributed by atoms with E-state index in [4.69, 9.17) is 4.74 Å². The van der Waals surface area contributed by atoms with E-state index in [0.717, 1.165) is 33.0 Å². The Labute approximate surface area is 154 Å². The molecule has 0 aliphatic rings. The number of imidazole rings is 1. The van der Waals surface area contributed by atoms with Gasteiger partial charge >= 0.3 is 0 Å². The first-order valence-corrected chi connectivity index (χ1v) is 9.04. The quantitative estimate of drug-likeness (QED) is 0.540. The fourth-order valence-corrected chi connectivity index (χ4v) is 3.41. The molecule has 0 atom stereocenters. The van der Waals surface area contributed by atoms with Crippen LogP contribution in [0.15, 0.2) is 60.0 Å². The summed E-state index contributed by atoms with van der Waals surface area (Å²) in [6, 6.07) is 17.1. The zero-order valence-electron chi connectivity index (χ0n) is 14.2. The number of carbonyl (C=O) groups excluding carboxylic acids is 1. The van der Waals surface area contributed by atoms with Gasteiger partial charge in [-0.05, 0) is 47.3 Å². The second-order valence-electron chi connectivity index (χ2n) is 5.88. The van der Waals surface area contributed by atoms with Gasteiger partial charge in [0.25, 0.3) is 5.91 Å². The first-order chi connectivity index (χ1) is 12.7. The Kier molecular flexibility index (Phi) is 4.51. The molecule has 1 amide bonds. The van der Waals surface area contributed by atoms with Crippen molar-refractivity contribution in [1.29, 1.82) is 0 Å². The van der Waals surface area contributed by atoms with Crippen molar-refractivity contribution in [2.75, 3.05) is 12.4 Å². The van der Waals surface area contributed by atoms with Crippen LogP contribution in [0.2, 0.25) is 0 Å². The lowest BCUT2D eigenvalue weighted by Crippen LogP contribution is -2.11. The molecule has 0 unspecified atom stereocenters. The second kappa shape index (κ2) is 7.11. The number of methoxy groups -OCH3 is 1. The van der Waals surface area contributed by atoms with Gasteiger partial charge in [0.15, 0.2) is 0 Å². The highest BCUT2D eigenvalue weighted by Crippen LogP contribution is 2.26. The summed E-state index contributed by atoms with van der Waals surface area (Å²) < 4.78 is 5.08. The predicted molar refractivity (Wildman–Crippen MR) is 105 cm³/mol. The second-order valence-corrected chi connectivity index (χ2v) is 6.83. The molecular weight excluding hydrogens is 346 g/mol. The van der Waals surface area contributed by atoms with E-state index < -0.39 is 0 Å². The first kappa shape index (κ1) is 16.5. The molecule has 0 bridgehead atoms. The maximum atomic E-state index is 12.4. The number of fused-ring (bicyclic) bond motifs is 1. The van der Waals surface area contributed by atoms with Gasteiger partial charge in [-0.3, -0.25) is 4.79 Å². The predicted octanol–water partition coefficient (Wildman–Crippen LogP) is 4.69. The summed E-state index contributed by atoms with van der Waals surface area (Å²) in [7, 11) is 1.65. The fourth-order valence-electron chi connectivity index (χ4n) is 2.74. The highest BCUT2D eigenvalue weighted by molar-refractivity contribution is 7.13. The average Bonchev–Trinajstić information content (AvgIpc) is 3.31. The van der Waals surface area contributed by atoms with Gasteiger partial charge in [-0.2, -0.15) is 0 Å². The number of H-pyrrole nitrogens is 1. The van der Waals surface area contributed by atoms with Gasteiger partial charge in [-0.15, -0.1) is 11.3 Å². The minimum atomic E-state index is -0.147. The number of nitrogens with zero attached hydrogens (tertiary/aromatic N) is 1. The molecule has 2 N–H and O–H groups in total. The Bertz CT molecular complexity index is 1040. The van der Waals surface area contributed by atoms with Crippen molar-refractivity contribution in [2.45, 2.75) is 6.61 Å². The number of rotatable bonds is 5. The molecule has 2 heterocycles. The standard InChI is InChI=1S/C20H17N3O2S/c1-25-12-13-4-6-14(7-5-13)20(24)21-15-8-9-16-17(11-15)23-19(22-16)18-3-2-10-26-18/h2-11H,12H2,1H3,(H,21,24)(H,22,23). The van der Waals surface area contributed by atoms with E-state index in [1.165, 1.54) is 0 Å². The van der Waals surface area contributed by atoms with E-state index in [0.29, 0.717) is 12.2 Å². The van der Waals surface area contributed by atoms with Crippen molar-refractivity contribution in [1.82, 2.24) is 9.97 Å². The van der Waals surface area contributed by atoms with Crippen LogP contribution in [-0.4, -0.2) is 23.0 Å². The van der Waals surface area contributed by atoms with E-state index in [-0.39, 0.29) is 5.91 Å². The molecule has 6 heteroatoms. The third kappa shape index (κ3) is 3.37. The summed E-state index contributed by atoms with van der Waals surface area (Å²) in [4.78, 5) is 21.4. The number of aromatic nitrogens is 2. The molecule has 0 saturated heterocycles. The molecule has 0 fully saturated rings. The van der Waals surface area contributed by atoms with Crippen LogP contribution in [0.3, 0.4) is 0 Å². The third-order valence-corrected chi connectivity index (χ3v) is 4.90. The molecule has 0 spiro atoms. The Hall–Kier alpha value is -2.96. The number of amides is 1. The average molecular weight is 363 g/mol. The molecule has 4 rings (SSSR count). The number of anilines is 1. The van der Waals surface area contributed by atoms with Crippen molar-refractivity contribution in [3.63, 3.8) is 0 Å². The maximum Gasteiger partial charge on any atom is 0.255 e. The molecule has 130 valence electrons. The number of hydrogen-bond donors (Lipinski definition) is 2. The SMILES string of the molecule is COCc1ccc(C(=O)Nc2ccc3nc(-c4cccs4)[nH]c3c2)cc1. The monoisotopic (exact) mass is 363 g/mol. The van der Waals surface area contributed by atoms with Crippen LogP contribution in [0.1, 0.15) is 15.9 Å². The highest BCUT2D eigenvalue weighted by atomic mass is 32.1. The minimum Gasteiger partial charge on any atom is -0.380 e. The summed E-state index contributed by atoms with van der Waals surface area (Å²) >= 11 is 1.64. The molecule has 0 radical (unpaired) electrons. The van der Waals surface area contributed by atoms with Gasteiger partial charge in [-0.25, -0.2) is 4.98 Å². The summed E-state index contributed by atoms with van der Waals surface area (Å²) in [6.07, 6.45) is 0. The van der Waals surface area contributed by atoms with Crippen molar-refractivity contribution in [3.05, 3.63) is 71.1 Å². The van der Waals surface area contributed by atoms with Gasteiger partial charge in [-0.1, -0.05) is 18.2 Å². The van der Waals surface area contributed by atoms with Crippen LogP contribution in [-0.2, 0) is 11.3 Å². The Balaban J connectivity index is 1.54. The number of nitrogens with one attached hydrogen (secondary N) is 2. The minimum absolute atomic E-state index is 0.147. The lowest BCUT2D eigenvalue weighted by Gasteiger charge is -2.06. The smallest absolute Gasteiger partial charge is 0.255 e. The van der Waals surface area contributed by atoms with E-state index >= 15 is 0 Å². The highest BCUT2D eigenvalue weighted by Gasteiger charge is 2.09. The molecule has 4 aromatic rings. The van der Waals surface area contributed by atoms with Gasteiger partial charge in [0.05, 0.1) is 22.5 Å². The lowest BCUT2D eigenvalue weighted by atomic mass is 10.1. The van der Waals surface area contributed by atoms with E-state index in [9.17, 15) is 4.79 Å². The molecule has 0 saturated carbocycles. The van der Waals surface area contributed by atoms with Crippen LogP contribution in [0.4, 0.5) is 5.69 Å². The van der Waals surface area contributed by atoms with E-state index in [1.54, 1.807) is 30.6 Å². The van der Waals surface area contributed by atoms with Crippen molar-refractivity contribution in [3.8, 4) is 10.7 Å². The molecular formula is C20H17N3O2S. The normalized spacial score (nSPS) is 11.0. The summed E-state index contributed by atoms with van der Waals surface area (Å²) in [5.41, 5.74) is 4.12. The number of benzene rings is 2. The molecule has 0 aliphatic heterocycles. The molecule has 26 heavy (non-hydrogen) atoms. The van der Waals surface area contributed by atoms with Crippen molar-refractivity contribution < 1.29 is 9.53 Å². The molecule has 0 aliphatic carbocycles. The van der Waals surface area contributed by atoms with E-state index in [1.807, 2.05) is 47.8 Å². The molecule has 2 aromatic carbocycles. The Morgan fingerprint density at radius 2 is 2.04 bits per heavy atom. The number of ether oxygens (including phenoxy) is 1. The molecule has 2 aromatic heterocycles. The number of thiophene rings is 1. The number of aromatic amines is 1. The Morgan fingerprint density at radius 3 is 2.77 bits per heavy atom. The summed E-state index contributed by atoms with van der Waals surface area (Å²) in [5, 5.41) is 4.95. The lowest BCUT2D eigenvalue weighted by molar-refractivity contribution is 0.102. The number of carbonyl (C=O) groups is 1. The van der Waals surface area contributed by atoms with Gasteiger partial charge in [0.1, 0.15) is 5.82 Å². The van der Waals surface area contributed by atoms with Gasteiger partial charge in [0, 0.05) is 18.4 Å².